The van der Waals surface area contributed by atoms with Crippen LogP contribution in [0.5, 0.6) is 0 Å². The highest BCUT2D eigenvalue weighted by atomic mass is 35.5. The maximum absolute atomic E-state index is 6.55. The highest BCUT2D eigenvalue weighted by molar-refractivity contribution is 6.22. The number of hydrogen-bond acceptors (Lipinski definition) is 0. The van der Waals surface area contributed by atoms with Gasteiger partial charge in [-0.25, -0.2) is 0 Å². The highest BCUT2D eigenvalue weighted by Crippen LogP contribution is 2.30. The first-order chi connectivity index (χ1) is 9.11. The molecule has 1 heteroatoms. The number of alkyl halides is 1. The molecule has 0 aliphatic rings. The summed E-state index contributed by atoms with van der Waals surface area (Å²) in [6.45, 7) is 6.57. The summed E-state index contributed by atoms with van der Waals surface area (Å²) < 4.78 is 0. The third kappa shape index (κ3) is 3.39. The fourth-order valence-corrected chi connectivity index (χ4v) is 2.45. The van der Waals surface area contributed by atoms with Crippen molar-refractivity contribution in [2.24, 2.45) is 0 Å². The summed E-state index contributed by atoms with van der Waals surface area (Å²) in [6, 6.07) is 17.1. The summed E-state index contributed by atoms with van der Waals surface area (Å²) in [5.41, 5.74) is 4.97. The van der Waals surface area contributed by atoms with Crippen LogP contribution >= 0.6 is 11.6 Å². The van der Waals surface area contributed by atoms with E-state index in [9.17, 15) is 0 Å². The molecule has 0 N–H and O–H groups in total. The highest BCUT2D eigenvalue weighted by Gasteiger charge is 2.11. The minimum absolute atomic E-state index is 0.0633. The van der Waals surface area contributed by atoms with Crippen molar-refractivity contribution in [3.05, 3.63) is 70.8 Å². The van der Waals surface area contributed by atoms with Crippen LogP contribution < -0.4 is 0 Å². The molecular formula is C18H21Cl. The molecule has 19 heavy (non-hydrogen) atoms. The van der Waals surface area contributed by atoms with Crippen LogP contribution in [0, 0.1) is 6.92 Å². The second-order valence-corrected chi connectivity index (χ2v) is 5.69. The van der Waals surface area contributed by atoms with Gasteiger partial charge in [0.05, 0.1) is 5.38 Å². The fraction of sp³-hybridized carbons (Fsp3) is 0.333. The molecule has 0 spiro atoms. The number of rotatable bonds is 4. The maximum Gasteiger partial charge on any atom is 0.0835 e. The van der Waals surface area contributed by atoms with Crippen LogP contribution in [0.15, 0.2) is 48.5 Å². The van der Waals surface area contributed by atoms with Gasteiger partial charge in [-0.2, -0.15) is 0 Å². The van der Waals surface area contributed by atoms with Crippen molar-refractivity contribution in [2.45, 2.75) is 38.5 Å². The molecule has 0 aliphatic heterocycles. The number of benzene rings is 2. The van der Waals surface area contributed by atoms with Crippen LogP contribution in [0.3, 0.4) is 0 Å². The van der Waals surface area contributed by atoms with Crippen LogP contribution in [0.1, 0.15) is 53.8 Å². The van der Waals surface area contributed by atoms with Gasteiger partial charge in [0, 0.05) is 0 Å². The lowest BCUT2D eigenvalue weighted by atomic mass is 9.96. The van der Waals surface area contributed by atoms with Crippen LogP contribution in [0.25, 0.3) is 0 Å². The molecule has 0 fully saturated rings. The molecule has 0 bridgehead atoms. The minimum Gasteiger partial charge on any atom is -0.113 e. The molecule has 0 aromatic heterocycles. The van der Waals surface area contributed by atoms with Gasteiger partial charge in [0.2, 0.25) is 0 Å². The van der Waals surface area contributed by atoms with E-state index < -0.39 is 0 Å². The van der Waals surface area contributed by atoms with Crippen molar-refractivity contribution in [3.63, 3.8) is 0 Å². The first-order valence-corrected chi connectivity index (χ1v) is 7.36. The lowest BCUT2D eigenvalue weighted by Crippen LogP contribution is -1.96. The Balaban J connectivity index is 2.19. The molecule has 2 rings (SSSR count). The van der Waals surface area contributed by atoms with E-state index in [1.807, 2.05) is 0 Å². The summed E-state index contributed by atoms with van der Waals surface area (Å²) in [6.07, 6.45) is 1.17. The first-order valence-electron chi connectivity index (χ1n) is 6.92. The topological polar surface area (TPSA) is 0 Å². The summed E-state index contributed by atoms with van der Waals surface area (Å²) >= 11 is 6.55. The predicted molar refractivity (Wildman–Crippen MR) is 84.0 cm³/mol. The van der Waals surface area contributed by atoms with Gasteiger partial charge >= 0.3 is 0 Å². The minimum atomic E-state index is -0.0633. The maximum atomic E-state index is 6.55. The van der Waals surface area contributed by atoms with Gasteiger partial charge in [0.1, 0.15) is 0 Å². The molecular weight excluding hydrogens is 252 g/mol. The molecule has 0 aliphatic carbocycles. The Kier molecular flexibility index (Phi) is 4.66. The van der Waals surface area contributed by atoms with Gasteiger partial charge in [-0.15, -0.1) is 11.6 Å². The lowest BCUT2D eigenvalue weighted by Gasteiger charge is -2.13. The smallest absolute Gasteiger partial charge is 0.0835 e. The van der Waals surface area contributed by atoms with Crippen molar-refractivity contribution in [3.8, 4) is 0 Å². The van der Waals surface area contributed by atoms with E-state index in [0.29, 0.717) is 5.92 Å². The van der Waals surface area contributed by atoms with Crippen molar-refractivity contribution in [1.82, 2.24) is 0 Å². The zero-order valence-corrected chi connectivity index (χ0v) is 12.6. The number of aryl methyl sites for hydroxylation is 1. The standard InChI is InChI=1S/C18H21Cl/c1-4-14(3)15-9-11-17(12-10-15)18(19)16-7-5-13(2)6-8-16/h5-12,14,18H,4H2,1-3H3. The molecule has 0 nitrogen and oxygen atoms in total. The molecule has 2 aromatic rings. The second kappa shape index (κ2) is 6.25. The molecule has 0 saturated heterocycles. The van der Waals surface area contributed by atoms with E-state index in [1.54, 1.807) is 0 Å². The Labute approximate surface area is 121 Å². The van der Waals surface area contributed by atoms with E-state index in [2.05, 4.69) is 69.3 Å². The van der Waals surface area contributed by atoms with Crippen LogP contribution in [-0.4, -0.2) is 0 Å². The fourth-order valence-electron chi connectivity index (χ4n) is 2.16. The number of halogens is 1. The molecule has 0 heterocycles. The SMILES string of the molecule is CCC(C)c1ccc(C(Cl)c2ccc(C)cc2)cc1. The Morgan fingerprint density at radius 2 is 1.26 bits per heavy atom. The van der Waals surface area contributed by atoms with E-state index >= 15 is 0 Å². The monoisotopic (exact) mass is 272 g/mol. The van der Waals surface area contributed by atoms with Crippen LogP contribution in [0.2, 0.25) is 0 Å². The normalized spacial score (nSPS) is 14.1. The van der Waals surface area contributed by atoms with Gasteiger partial charge in [-0.3, -0.25) is 0 Å². The molecule has 0 saturated carbocycles. The largest absolute Gasteiger partial charge is 0.113 e. The van der Waals surface area contributed by atoms with E-state index in [1.165, 1.54) is 17.5 Å². The Morgan fingerprint density at radius 3 is 1.74 bits per heavy atom. The first kappa shape index (κ1) is 14.1. The second-order valence-electron chi connectivity index (χ2n) is 5.25. The molecule has 100 valence electrons. The van der Waals surface area contributed by atoms with Gasteiger partial charge in [-0.1, -0.05) is 67.9 Å². The van der Waals surface area contributed by atoms with Crippen LogP contribution in [0.4, 0.5) is 0 Å². The molecule has 2 atom stereocenters. The Morgan fingerprint density at radius 1 is 0.842 bits per heavy atom. The van der Waals surface area contributed by atoms with E-state index in [-0.39, 0.29) is 5.38 Å². The zero-order valence-electron chi connectivity index (χ0n) is 11.9. The summed E-state index contributed by atoms with van der Waals surface area (Å²) in [7, 11) is 0. The van der Waals surface area contributed by atoms with Crippen molar-refractivity contribution in [2.75, 3.05) is 0 Å². The average Bonchev–Trinajstić information content (AvgIpc) is 2.46. The van der Waals surface area contributed by atoms with Crippen molar-refractivity contribution < 1.29 is 0 Å². The molecule has 0 amide bonds. The van der Waals surface area contributed by atoms with Crippen molar-refractivity contribution >= 4 is 11.6 Å². The summed E-state index contributed by atoms with van der Waals surface area (Å²) in [5.74, 6) is 0.613. The Hall–Kier alpha value is -1.27. The summed E-state index contributed by atoms with van der Waals surface area (Å²) in [4.78, 5) is 0. The van der Waals surface area contributed by atoms with Gasteiger partial charge < -0.3 is 0 Å². The number of hydrogen-bond donors (Lipinski definition) is 0. The van der Waals surface area contributed by atoms with Gasteiger partial charge in [0.15, 0.2) is 0 Å². The van der Waals surface area contributed by atoms with Gasteiger partial charge in [0.25, 0.3) is 0 Å². The van der Waals surface area contributed by atoms with E-state index in [4.69, 9.17) is 11.6 Å². The van der Waals surface area contributed by atoms with Gasteiger partial charge in [-0.05, 0) is 36.0 Å². The third-order valence-electron chi connectivity index (χ3n) is 3.78. The quantitative estimate of drug-likeness (QED) is 0.614. The molecule has 2 aromatic carbocycles. The predicted octanol–water partition coefficient (Wildman–Crippen LogP) is 5.84. The van der Waals surface area contributed by atoms with Crippen molar-refractivity contribution in [1.29, 1.82) is 0 Å². The van der Waals surface area contributed by atoms with E-state index in [0.717, 1.165) is 11.1 Å². The molecule has 2 unspecified atom stereocenters. The average molecular weight is 273 g/mol. The van der Waals surface area contributed by atoms with Crippen LogP contribution in [-0.2, 0) is 0 Å². The molecule has 0 radical (unpaired) electrons. The lowest BCUT2D eigenvalue weighted by molar-refractivity contribution is 0.733. The Bertz CT molecular complexity index is 510. The summed E-state index contributed by atoms with van der Waals surface area (Å²) in [5, 5.41) is -0.0633. The zero-order chi connectivity index (χ0) is 13.8. The third-order valence-corrected chi connectivity index (χ3v) is 4.28.